The first-order chi connectivity index (χ1) is 28.5. The normalized spacial score (nSPS) is 14.1. The second-order valence-electron chi connectivity index (χ2n) is 16.7. The van der Waals surface area contributed by atoms with Crippen LogP contribution in [0.1, 0.15) is 187 Å². The minimum absolute atomic E-state index is 0.0375. The van der Waals surface area contributed by atoms with Crippen molar-refractivity contribution in [2.45, 2.75) is 193 Å². The molecule has 0 N–H and O–H groups in total. The summed E-state index contributed by atoms with van der Waals surface area (Å²) in [5, 5.41) is 0. The van der Waals surface area contributed by atoms with E-state index in [1.807, 2.05) is 21.1 Å². The van der Waals surface area contributed by atoms with Gasteiger partial charge in [0.25, 0.3) is 7.82 Å². The van der Waals surface area contributed by atoms with Gasteiger partial charge in [0.1, 0.15) is 19.8 Å². The Morgan fingerprint density at radius 1 is 0.542 bits per heavy atom. The molecule has 0 aromatic carbocycles. The van der Waals surface area contributed by atoms with Gasteiger partial charge in [-0.25, -0.2) is 0 Å². The van der Waals surface area contributed by atoms with Crippen LogP contribution in [0, 0.1) is 0 Å². The van der Waals surface area contributed by atoms with Gasteiger partial charge in [0, 0.05) is 12.8 Å². The Balaban J connectivity index is 4.37. The van der Waals surface area contributed by atoms with E-state index in [1.165, 1.54) is 51.4 Å². The largest absolute Gasteiger partial charge is 0.756 e. The molecule has 0 bridgehead atoms. The van der Waals surface area contributed by atoms with E-state index in [0.717, 1.165) is 96.3 Å². The Hall–Kier alpha value is -2.29. The lowest BCUT2D eigenvalue weighted by Crippen LogP contribution is -2.37. The lowest BCUT2D eigenvalue weighted by Gasteiger charge is -2.28. The molecule has 0 aromatic heterocycles. The number of ether oxygens (including phenoxy) is 2. The van der Waals surface area contributed by atoms with Crippen LogP contribution in [0.3, 0.4) is 0 Å². The number of rotatable bonds is 42. The monoisotopic (exact) mass is 850 g/mol. The number of carbonyl (C=O) groups excluding carboxylic acids is 2. The third-order valence-electron chi connectivity index (χ3n) is 9.77. The number of carbonyl (C=O) groups is 2. The molecule has 0 rings (SSSR count). The molecule has 0 amide bonds. The van der Waals surface area contributed by atoms with E-state index in [-0.39, 0.29) is 26.1 Å². The van der Waals surface area contributed by atoms with Crippen molar-refractivity contribution in [2.24, 2.45) is 0 Å². The number of hydrogen-bond acceptors (Lipinski definition) is 8. The van der Waals surface area contributed by atoms with E-state index in [2.05, 4.69) is 74.6 Å². The molecule has 0 saturated carbocycles. The second-order valence-corrected chi connectivity index (χ2v) is 18.1. The van der Waals surface area contributed by atoms with E-state index in [9.17, 15) is 19.0 Å². The molecule has 0 aliphatic heterocycles. The predicted molar refractivity (Wildman–Crippen MR) is 245 cm³/mol. The average Bonchev–Trinajstić information content (AvgIpc) is 3.19. The van der Waals surface area contributed by atoms with Gasteiger partial charge in [-0.3, -0.25) is 14.2 Å². The molecule has 342 valence electrons. The molecule has 0 heterocycles. The van der Waals surface area contributed by atoms with Gasteiger partial charge in [0.15, 0.2) is 6.10 Å². The van der Waals surface area contributed by atoms with Crippen molar-refractivity contribution < 1.29 is 42.1 Å². The highest BCUT2D eigenvalue weighted by atomic mass is 31.2. The number of nitrogens with zero attached hydrogens (tertiary/aromatic N) is 1. The Kier molecular flexibility index (Phi) is 39.5. The maximum atomic E-state index is 12.7. The number of phosphoric ester groups is 1. The zero-order chi connectivity index (χ0) is 43.6. The molecule has 10 heteroatoms. The van der Waals surface area contributed by atoms with Crippen LogP contribution in [0.4, 0.5) is 0 Å². The van der Waals surface area contributed by atoms with Crippen LogP contribution in [0.15, 0.2) is 60.8 Å². The number of phosphoric acid groups is 1. The number of quaternary nitrogens is 1. The summed E-state index contributed by atoms with van der Waals surface area (Å²) in [4.78, 5) is 37.6. The zero-order valence-corrected chi connectivity index (χ0v) is 39.3. The third kappa shape index (κ3) is 45.1. The Morgan fingerprint density at radius 3 is 1.46 bits per heavy atom. The maximum absolute atomic E-state index is 12.7. The summed E-state index contributed by atoms with van der Waals surface area (Å²) in [5.74, 6) is -0.862. The first-order valence-electron chi connectivity index (χ1n) is 23.5. The van der Waals surface area contributed by atoms with Gasteiger partial charge in [-0.15, -0.1) is 0 Å². The molecule has 0 aliphatic carbocycles. The Labute approximate surface area is 362 Å². The van der Waals surface area contributed by atoms with Crippen molar-refractivity contribution in [3.63, 3.8) is 0 Å². The number of hydrogen-bond donors (Lipinski definition) is 0. The van der Waals surface area contributed by atoms with Gasteiger partial charge in [0.2, 0.25) is 0 Å². The predicted octanol–water partition coefficient (Wildman–Crippen LogP) is 13.0. The molecule has 0 aromatic rings. The van der Waals surface area contributed by atoms with Crippen molar-refractivity contribution >= 4 is 19.8 Å². The van der Waals surface area contributed by atoms with Crippen LogP contribution in [0.5, 0.6) is 0 Å². The molecular weight excluding hydrogens is 762 g/mol. The summed E-state index contributed by atoms with van der Waals surface area (Å²) < 4.78 is 33.9. The summed E-state index contributed by atoms with van der Waals surface area (Å²) in [7, 11) is 1.14. The number of likely N-dealkylation sites (N-methyl/N-ethyl adjacent to an activating group) is 1. The molecule has 2 unspecified atom stereocenters. The fraction of sp³-hybridized carbons (Fsp3) is 0.755. The lowest BCUT2D eigenvalue weighted by atomic mass is 10.1. The second kappa shape index (κ2) is 41.1. The quantitative estimate of drug-likeness (QED) is 0.0196. The topological polar surface area (TPSA) is 111 Å². The highest BCUT2D eigenvalue weighted by molar-refractivity contribution is 7.45. The van der Waals surface area contributed by atoms with E-state index < -0.39 is 32.5 Å². The number of unbranched alkanes of at least 4 members (excludes halogenated alkanes) is 18. The van der Waals surface area contributed by atoms with Gasteiger partial charge in [0.05, 0.1) is 27.7 Å². The highest BCUT2D eigenvalue weighted by Crippen LogP contribution is 2.38. The van der Waals surface area contributed by atoms with Crippen LogP contribution in [-0.4, -0.2) is 70.0 Å². The van der Waals surface area contributed by atoms with E-state index in [1.54, 1.807) is 0 Å². The minimum atomic E-state index is -4.64. The van der Waals surface area contributed by atoms with Crippen molar-refractivity contribution in [1.82, 2.24) is 0 Å². The first kappa shape index (κ1) is 56.7. The smallest absolute Gasteiger partial charge is 0.306 e. The van der Waals surface area contributed by atoms with Crippen LogP contribution >= 0.6 is 7.82 Å². The molecule has 9 nitrogen and oxygen atoms in total. The molecule has 59 heavy (non-hydrogen) atoms. The molecule has 2 atom stereocenters. The highest BCUT2D eigenvalue weighted by Gasteiger charge is 2.21. The summed E-state index contributed by atoms with van der Waals surface area (Å²) in [5.41, 5.74) is 0. The molecule has 0 fully saturated rings. The van der Waals surface area contributed by atoms with Crippen molar-refractivity contribution in [3.8, 4) is 0 Å². The van der Waals surface area contributed by atoms with Crippen LogP contribution in [0.25, 0.3) is 0 Å². The number of esters is 2. The van der Waals surface area contributed by atoms with Gasteiger partial charge in [-0.2, -0.15) is 0 Å². The fourth-order valence-corrected chi connectivity index (χ4v) is 6.84. The third-order valence-corrected chi connectivity index (χ3v) is 10.7. The first-order valence-corrected chi connectivity index (χ1v) is 25.0. The van der Waals surface area contributed by atoms with E-state index >= 15 is 0 Å². The molecule has 0 spiro atoms. The summed E-state index contributed by atoms with van der Waals surface area (Å²) in [6.07, 6.45) is 49.6. The Bertz CT molecular complexity index is 1190. The molecular formula is C49H88NO8P. The van der Waals surface area contributed by atoms with Crippen molar-refractivity contribution in [1.29, 1.82) is 0 Å². The van der Waals surface area contributed by atoms with Gasteiger partial charge < -0.3 is 27.9 Å². The summed E-state index contributed by atoms with van der Waals surface area (Å²) >= 11 is 0. The SMILES string of the molecule is CC/C=C\C/C=C\C/C=C\C/C=C\CCCCCCCCC(=O)OC(COC(=O)CCCCCCC/C=C\CCCCCCCCC)COP(=O)([O-])OCC[N+](C)(C)C. The van der Waals surface area contributed by atoms with E-state index in [4.69, 9.17) is 18.5 Å². The minimum Gasteiger partial charge on any atom is -0.756 e. The number of allylic oxidation sites excluding steroid dienone is 10. The van der Waals surface area contributed by atoms with Crippen LogP contribution < -0.4 is 4.89 Å². The maximum Gasteiger partial charge on any atom is 0.306 e. The molecule has 0 saturated heterocycles. The summed E-state index contributed by atoms with van der Waals surface area (Å²) in [6, 6.07) is 0. The molecule has 0 radical (unpaired) electrons. The van der Waals surface area contributed by atoms with Gasteiger partial charge in [-0.05, 0) is 77.0 Å². The van der Waals surface area contributed by atoms with Gasteiger partial charge in [-0.1, -0.05) is 158 Å². The molecule has 0 aliphatic rings. The van der Waals surface area contributed by atoms with Crippen LogP contribution in [-0.2, 0) is 32.7 Å². The average molecular weight is 850 g/mol. The van der Waals surface area contributed by atoms with Gasteiger partial charge >= 0.3 is 11.9 Å². The summed E-state index contributed by atoms with van der Waals surface area (Å²) in [6.45, 7) is 4.08. The zero-order valence-electron chi connectivity index (χ0n) is 38.4. The van der Waals surface area contributed by atoms with Crippen molar-refractivity contribution in [2.75, 3.05) is 47.5 Å². The Morgan fingerprint density at radius 2 is 0.966 bits per heavy atom. The fourth-order valence-electron chi connectivity index (χ4n) is 6.11. The van der Waals surface area contributed by atoms with E-state index in [0.29, 0.717) is 23.9 Å². The van der Waals surface area contributed by atoms with Crippen molar-refractivity contribution in [3.05, 3.63) is 60.8 Å². The lowest BCUT2D eigenvalue weighted by molar-refractivity contribution is -0.870. The standard InChI is InChI=1S/C49H88NO8P/c1-6-8-10-12-14-16-18-20-22-24-25-26-28-30-32-34-36-38-40-42-49(52)58-47(46-57-59(53,54)56-44-43-50(3,4)5)45-55-48(51)41-39-37-35-33-31-29-27-23-21-19-17-15-13-11-9-7-2/h8,10,14,16,20,22-23,25-27,47H,6-7,9,11-13,15,17-19,21,24,28-46H2,1-5H3/b10-8-,16-14-,22-20-,26-25-,27-23-. The van der Waals surface area contributed by atoms with Crippen LogP contribution in [0.2, 0.25) is 0 Å².